The van der Waals surface area contributed by atoms with Crippen molar-refractivity contribution in [2.24, 2.45) is 0 Å². The average molecular weight is 264 g/mol. The van der Waals surface area contributed by atoms with Gasteiger partial charge in [-0.25, -0.2) is 9.97 Å². The molecule has 0 bridgehead atoms. The Morgan fingerprint density at radius 2 is 2.05 bits per heavy atom. The minimum Gasteiger partial charge on any atom is -0.359 e. The molecule has 1 atom stereocenters. The zero-order valence-corrected chi connectivity index (χ0v) is 12.4. The van der Waals surface area contributed by atoms with Crippen LogP contribution in [-0.2, 0) is 11.2 Å². The predicted molar refractivity (Wildman–Crippen MR) is 77.0 cm³/mol. The Morgan fingerprint density at radius 3 is 2.63 bits per heavy atom. The Bertz CT molecular complexity index is 426. The lowest BCUT2D eigenvalue weighted by atomic mass is 10.1. The lowest BCUT2D eigenvalue weighted by Gasteiger charge is -2.23. The fraction of sp³-hybridized carbons (Fsp3) is 0.643. The van der Waals surface area contributed by atoms with Crippen LogP contribution in [0.4, 0.5) is 5.82 Å². The number of rotatable bonds is 5. The molecule has 1 aromatic heterocycles. The van der Waals surface area contributed by atoms with Gasteiger partial charge in [0.15, 0.2) is 0 Å². The number of amides is 1. The fourth-order valence-corrected chi connectivity index (χ4v) is 1.63. The van der Waals surface area contributed by atoms with Crippen LogP contribution in [0.25, 0.3) is 0 Å². The largest absolute Gasteiger partial charge is 0.359 e. The SMILES string of the molecule is CCCc1cc(NC(C)C(=O)NC(C)(C)C)ncn1. The molecule has 0 saturated carbocycles. The zero-order chi connectivity index (χ0) is 14.5. The summed E-state index contributed by atoms with van der Waals surface area (Å²) in [6.45, 7) is 9.81. The van der Waals surface area contributed by atoms with Gasteiger partial charge in [0.25, 0.3) is 0 Å². The van der Waals surface area contributed by atoms with E-state index in [0.29, 0.717) is 5.82 Å². The van der Waals surface area contributed by atoms with E-state index in [1.165, 1.54) is 6.33 Å². The van der Waals surface area contributed by atoms with Crippen molar-refractivity contribution in [3.8, 4) is 0 Å². The number of carbonyl (C=O) groups is 1. The van der Waals surface area contributed by atoms with Crippen LogP contribution < -0.4 is 10.6 Å². The van der Waals surface area contributed by atoms with Gasteiger partial charge in [-0.2, -0.15) is 0 Å². The summed E-state index contributed by atoms with van der Waals surface area (Å²) in [6, 6.07) is 1.56. The van der Waals surface area contributed by atoms with Gasteiger partial charge < -0.3 is 10.6 Å². The first-order chi connectivity index (χ1) is 8.81. The van der Waals surface area contributed by atoms with Crippen molar-refractivity contribution in [2.45, 2.75) is 59.0 Å². The summed E-state index contributed by atoms with van der Waals surface area (Å²) in [5.41, 5.74) is 0.759. The summed E-state index contributed by atoms with van der Waals surface area (Å²) >= 11 is 0. The van der Waals surface area contributed by atoms with Crippen LogP contribution in [0.15, 0.2) is 12.4 Å². The topological polar surface area (TPSA) is 66.9 Å². The second-order valence-electron chi connectivity index (χ2n) is 5.75. The molecule has 0 radical (unpaired) electrons. The number of anilines is 1. The van der Waals surface area contributed by atoms with Gasteiger partial charge in [0, 0.05) is 17.3 Å². The molecule has 0 fully saturated rings. The first-order valence-corrected chi connectivity index (χ1v) is 6.71. The van der Waals surface area contributed by atoms with Crippen LogP contribution in [0, 0.1) is 0 Å². The fourth-order valence-electron chi connectivity index (χ4n) is 1.63. The van der Waals surface area contributed by atoms with Crippen molar-refractivity contribution in [3.63, 3.8) is 0 Å². The summed E-state index contributed by atoms with van der Waals surface area (Å²) in [7, 11) is 0. The number of nitrogens with zero attached hydrogens (tertiary/aromatic N) is 2. The molecule has 5 nitrogen and oxygen atoms in total. The van der Waals surface area contributed by atoms with Crippen molar-refractivity contribution in [1.29, 1.82) is 0 Å². The van der Waals surface area contributed by atoms with Gasteiger partial charge in [-0.1, -0.05) is 13.3 Å². The number of hydrogen-bond donors (Lipinski definition) is 2. The van der Waals surface area contributed by atoms with Gasteiger partial charge in [0.2, 0.25) is 5.91 Å². The monoisotopic (exact) mass is 264 g/mol. The van der Waals surface area contributed by atoms with Crippen molar-refractivity contribution < 1.29 is 4.79 Å². The third kappa shape index (κ3) is 5.68. The molecule has 0 aromatic carbocycles. The van der Waals surface area contributed by atoms with E-state index in [1.54, 1.807) is 0 Å². The predicted octanol–water partition coefficient (Wildman–Crippen LogP) is 2.14. The van der Waals surface area contributed by atoms with Crippen LogP contribution in [0.5, 0.6) is 0 Å². The van der Waals surface area contributed by atoms with Gasteiger partial charge >= 0.3 is 0 Å². The number of nitrogens with one attached hydrogen (secondary N) is 2. The molecular formula is C14H24N4O. The van der Waals surface area contributed by atoms with E-state index in [9.17, 15) is 4.79 Å². The minimum atomic E-state index is -0.330. The van der Waals surface area contributed by atoms with Crippen molar-refractivity contribution in [1.82, 2.24) is 15.3 Å². The van der Waals surface area contributed by atoms with Gasteiger partial charge in [0.1, 0.15) is 18.2 Å². The summed E-state index contributed by atoms with van der Waals surface area (Å²) in [4.78, 5) is 20.3. The summed E-state index contributed by atoms with van der Waals surface area (Å²) in [5.74, 6) is 0.651. The lowest BCUT2D eigenvalue weighted by Crippen LogP contribution is -2.47. The summed E-state index contributed by atoms with van der Waals surface area (Å²) in [6.07, 6.45) is 3.48. The highest BCUT2D eigenvalue weighted by Gasteiger charge is 2.19. The molecule has 1 amide bonds. The molecule has 0 aliphatic rings. The van der Waals surface area contributed by atoms with E-state index in [0.717, 1.165) is 18.5 Å². The van der Waals surface area contributed by atoms with E-state index in [4.69, 9.17) is 0 Å². The normalized spacial score (nSPS) is 12.9. The van der Waals surface area contributed by atoms with E-state index >= 15 is 0 Å². The molecule has 0 aliphatic carbocycles. The standard InChI is InChI=1S/C14H24N4O/c1-6-7-11-8-12(16-9-15-11)17-10(2)13(19)18-14(3,4)5/h8-10H,6-7H2,1-5H3,(H,18,19)(H,15,16,17). The highest BCUT2D eigenvalue weighted by Crippen LogP contribution is 2.08. The van der Waals surface area contributed by atoms with E-state index in [2.05, 4.69) is 27.5 Å². The highest BCUT2D eigenvalue weighted by molar-refractivity contribution is 5.84. The Balaban J connectivity index is 2.63. The number of aryl methyl sites for hydroxylation is 1. The molecule has 0 aliphatic heterocycles. The molecule has 1 rings (SSSR count). The van der Waals surface area contributed by atoms with Crippen molar-refractivity contribution in [2.75, 3.05) is 5.32 Å². The molecular weight excluding hydrogens is 240 g/mol. The molecule has 2 N–H and O–H groups in total. The molecule has 1 unspecified atom stereocenters. The van der Waals surface area contributed by atoms with Crippen LogP contribution in [0.3, 0.4) is 0 Å². The molecule has 0 saturated heterocycles. The first kappa shape index (κ1) is 15.4. The second-order valence-corrected chi connectivity index (χ2v) is 5.75. The van der Waals surface area contributed by atoms with E-state index < -0.39 is 0 Å². The minimum absolute atomic E-state index is 0.0387. The average Bonchev–Trinajstić information content (AvgIpc) is 2.27. The van der Waals surface area contributed by atoms with Crippen molar-refractivity contribution in [3.05, 3.63) is 18.1 Å². The highest BCUT2D eigenvalue weighted by atomic mass is 16.2. The molecule has 1 heterocycles. The Hall–Kier alpha value is -1.65. The molecule has 0 spiro atoms. The molecule has 1 aromatic rings. The third-order valence-corrected chi connectivity index (χ3v) is 2.49. The second kappa shape index (κ2) is 6.50. The Kier molecular flexibility index (Phi) is 5.27. The molecule has 19 heavy (non-hydrogen) atoms. The number of aromatic nitrogens is 2. The van der Waals surface area contributed by atoms with Gasteiger partial charge in [-0.05, 0) is 34.1 Å². The lowest BCUT2D eigenvalue weighted by molar-refractivity contribution is -0.122. The molecule has 5 heteroatoms. The van der Waals surface area contributed by atoms with Gasteiger partial charge in [0.05, 0.1) is 0 Å². The van der Waals surface area contributed by atoms with Crippen LogP contribution >= 0.6 is 0 Å². The number of hydrogen-bond acceptors (Lipinski definition) is 4. The molecule has 106 valence electrons. The first-order valence-electron chi connectivity index (χ1n) is 6.71. The maximum Gasteiger partial charge on any atom is 0.242 e. The van der Waals surface area contributed by atoms with Gasteiger partial charge in [-0.15, -0.1) is 0 Å². The number of carbonyl (C=O) groups excluding carboxylic acids is 1. The maximum atomic E-state index is 12.0. The van der Waals surface area contributed by atoms with Crippen LogP contribution in [-0.4, -0.2) is 27.5 Å². The summed E-state index contributed by atoms with van der Waals surface area (Å²) in [5, 5.41) is 6.03. The van der Waals surface area contributed by atoms with Crippen LogP contribution in [0.1, 0.15) is 46.7 Å². The van der Waals surface area contributed by atoms with Gasteiger partial charge in [-0.3, -0.25) is 4.79 Å². The zero-order valence-electron chi connectivity index (χ0n) is 12.4. The Labute approximate surface area is 115 Å². The maximum absolute atomic E-state index is 12.0. The smallest absolute Gasteiger partial charge is 0.242 e. The summed E-state index contributed by atoms with van der Waals surface area (Å²) < 4.78 is 0. The third-order valence-electron chi connectivity index (χ3n) is 2.49. The van der Waals surface area contributed by atoms with Crippen LogP contribution in [0.2, 0.25) is 0 Å². The van der Waals surface area contributed by atoms with E-state index in [-0.39, 0.29) is 17.5 Å². The van der Waals surface area contributed by atoms with Crippen molar-refractivity contribution >= 4 is 11.7 Å². The van der Waals surface area contributed by atoms with E-state index in [1.807, 2.05) is 33.8 Å². The Morgan fingerprint density at radius 1 is 1.37 bits per heavy atom. The quantitative estimate of drug-likeness (QED) is 0.855.